The van der Waals surface area contributed by atoms with Crippen LogP contribution in [0.2, 0.25) is 10.2 Å². The zero-order chi connectivity index (χ0) is 18.7. The Morgan fingerprint density at radius 3 is 2.46 bits per heavy atom. The minimum atomic E-state index is -0.579. The van der Waals surface area contributed by atoms with Crippen molar-refractivity contribution in [3.8, 4) is 0 Å². The molecule has 26 heavy (non-hydrogen) atoms. The van der Waals surface area contributed by atoms with Gasteiger partial charge in [-0.2, -0.15) is 0 Å². The van der Waals surface area contributed by atoms with E-state index >= 15 is 0 Å². The van der Waals surface area contributed by atoms with Crippen LogP contribution in [0.4, 0.5) is 28.7 Å². The standard InChI is InChI=1S/C16H12Cl2N6O2/c1-9-4-5-10(7-11(9)17)22-15-13(24(25)26)16(21-8-20-15)23-12-3-2-6-19-14(12)18/h2-8H,1H3,(H2,20,21,22,23). The maximum absolute atomic E-state index is 11.6. The smallest absolute Gasteiger partial charge is 0.334 e. The molecule has 3 aromatic rings. The van der Waals surface area contributed by atoms with Gasteiger partial charge in [-0.1, -0.05) is 29.3 Å². The number of rotatable bonds is 5. The van der Waals surface area contributed by atoms with E-state index in [1.807, 2.05) is 6.92 Å². The highest BCUT2D eigenvalue weighted by Gasteiger charge is 2.24. The molecule has 0 radical (unpaired) electrons. The Morgan fingerprint density at radius 1 is 1.08 bits per heavy atom. The fourth-order valence-electron chi connectivity index (χ4n) is 2.15. The summed E-state index contributed by atoms with van der Waals surface area (Å²) in [5, 5.41) is 18.0. The van der Waals surface area contributed by atoms with E-state index < -0.39 is 4.92 Å². The fraction of sp³-hybridized carbons (Fsp3) is 0.0625. The number of hydrogen-bond acceptors (Lipinski definition) is 7. The van der Waals surface area contributed by atoms with Gasteiger partial charge in [0, 0.05) is 16.9 Å². The summed E-state index contributed by atoms with van der Waals surface area (Å²) in [4.78, 5) is 22.9. The van der Waals surface area contributed by atoms with Gasteiger partial charge >= 0.3 is 5.69 Å². The summed E-state index contributed by atoms with van der Waals surface area (Å²) < 4.78 is 0. The molecule has 0 saturated heterocycles. The molecular formula is C16H12Cl2N6O2. The summed E-state index contributed by atoms with van der Waals surface area (Å²) in [5.41, 5.74) is 1.51. The number of benzene rings is 1. The zero-order valence-electron chi connectivity index (χ0n) is 13.4. The lowest BCUT2D eigenvalue weighted by atomic mass is 10.2. The van der Waals surface area contributed by atoms with Gasteiger partial charge in [0.25, 0.3) is 0 Å². The number of anilines is 4. The number of nitrogens with one attached hydrogen (secondary N) is 2. The Labute approximate surface area is 158 Å². The van der Waals surface area contributed by atoms with Gasteiger partial charge in [-0.3, -0.25) is 10.1 Å². The van der Waals surface area contributed by atoms with Crippen LogP contribution in [-0.2, 0) is 0 Å². The summed E-state index contributed by atoms with van der Waals surface area (Å²) in [6, 6.07) is 8.49. The number of halogens is 2. The van der Waals surface area contributed by atoms with Gasteiger partial charge in [-0.05, 0) is 36.8 Å². The van der Waals surface area contributed by atoms with Crippen LogP contribution in [0.25, 0.3) is 0 Å². The van der Waals surface area contributed by atoms with Gasteiger partial charge in [0.05, 0.1) is 10.6 Å². The molecule has 2 aromatic heterocycles. The molecule has 3 rings (SSSR count). The first kappa shape index (κ1) is 17.8. The average Bonchev–Trinajstić information content (AvgIpc) is 2.60. The third-order valence-corrected chi connectivity index (χ3v) is 4.16. The monoisotopic (exact) mass is 390 g/mol. The molecule has 1 aromatic carbocycles. The molecular weight excluding hydrogens is 379 g/mol. The average molecular weight is 391 g/mol. The molecule has 132 valence electrons. The molecule has 0 amide bonds. The molecule has 0 aliphatic heterocycles. The summed E-state index contributed by atoms with van der Waals surface area (Å²) in [6.45, 7) is 1.86. The van der Waals surface area contributed by atoms with E-state index in [0.29, 0.717) is 16.4 Å². The van der Waals surface area contributed by atoms with Crippen molar-refractivity contribution in [1.29, 1.82) is 0 Å². The largest absolute Gasteiger partial charge is 0.353 e. The van der Waals surface area contributed by atoms with Crippen molar-refractivity contribution in [3.05, 3.63) is 68.7 Å². The number of aryl methyl sites for hydroxylation is 1. The van der Waals surface area contributed by atoms with E-state index in [0.717, 1.165) is 5.56 Å². The van der Waals surface area contributed by atoms with Crippen LogP contribution in [-0.4, -0.2) is 19.9 Å². The SMILES string of the molecule is Cc1ccc(Nc2ncnc(Nc3cccnc3Cl)c2[N+](=O)[O-])cc1Cl. The van der Waals surface area contributed by atoms with Gasteiger partial charge in [0.2, 0.25) is 11.6 Å². The molecule has 0 aliphatic rings. The topological polar surface area (TPSA) is 106 Å². The molecule has 0 atom stereocenters. The Balaban J connectivity index is 1.99. The lowest BCUT2D eigenvalue weighted by Gasteiger charge is -2.11. The molecule has 2 N–H and O–H groups in total. The van der Waals surface area contributed by atoms with Gasteiger partial charge < -0.3 is 10.6 Å². The molecule has 10 heteroatoms. The van der Waals surface area contributed by atoms with Crippen LogP contribution in [0.15, 0.2) is 42.9 Å². The summed E-state index contributed by atoms with van der Waals surface area (Å²) in [6.07, 6.45) is 2.72. The van der Waals surface area contributed by atoms with E-state index in [2.05, 4.69) is 25.6 Å². The maximum Gasteiger partial charge on any atom is 0.353 e. The summed E-state index contributed by atoms with van der Waals surface area (Å²) in [5.74, 6) is 0.00745. The summed E-state index contributed by atoms with van der Waals surface area (Å²) in [7, 11) is 0. The van der Waals surface area contributed by atoms with E-state index in [4.69, 9.17) is 23.2 Å². The van der Waals surface area contributed by atoms with Crippen molar-refractivity contribution in [2.24, 2.45) is 0 Å². The molecule has 0 saturated carbocycles. The van der Waals surface area contributed by atoms with Crippen molar-refractivity contribution >= 4 is 51.9 Å². The van der Waals surface area contributed by atoms with Crippen LogP contribution >= 0.6 is 23.2 Å². The van der Waals surface area contributed by atoms with Crippen molar-refractivity contribution in [3.63, 3.8) is 0 Å². The van der Waals surface area contributed by atoms with Crippen LogP contribution in [0, 0.1) is 17.0 Å². The lowest BCUT2D eigenvalue weighted by molar-refractivity contribution is -0.383. The van der Waals surface area contributed by atoms with Crippen LogP contribution in [0.1, 0.15) is 5.56 Å². The van der Waals surface area contributed by atoms with Gasteiger partial charge in [-0.25, -0.2) is 15.0 Å². The zero-order valence-corrected chi connectivity index (χ0v) is 14.9. The van der Waals surface area contributed by atoms with Gasteiger partial charge in [0.15, 0.2) is 5.15 Å². The third-order valence-electron chi connectivity index (χ3n) is 3.45. The number of pyridine rings is 1. The van der Waals surface area contributed by atoms with Crippen molar-refractivity contribution in [2.45, 2.75) is 6.92 Å². The first-order chi connectivity index (χ1) is 12.5. The highest BCUT2D eigenvalue weighted by atomic mass is 35.5. The molecule has 0 aliphatic carbocycles. The molecule has 0 fully saturated rings. The van der Waals surface area contributed by atoms with Crippen LogP contribution in [0.5, 0.6) is 0 Å². The predicted octanol–water partition coefficient (Wildman–Crippen LogP) is 4.88. The number of hydrogen-bond donors (Lipinski definition) is 2. The van der Waals surface area contributed by atoms with E-state index in [1.165, 1.54) is 12.5 Å². The highest BCUT2D eigenvalue weighted by Crippen LogP contribution is 2.34. The minimum Gasteiger partial charge on any atom is -0.334 e. The second-order valence-corrected chi connectivity index (χ2v) is 6.00. The van der Waals surface area contributed by atoms with E-state index in [9.17, 15) is 10.1 Å². The molecule has 8 nitrogen and oxygen atoms in total. The van der Waals surface area contributed by atoms with E-state index in [-0.39, 0.29) is 22.5 Å². The number of nitrogens with zero attached hydrogens (tertiary/aromatic N) is 4. The second-order valence-electron chi connectivity index (χ2n) is 5.23. The maximum atomic E-state index is 11.6. The van der Waals surface area contributed by atoms with Crippen LogP contribution in [0.3, 0.4) is 0 Å². The van der Waals surface area contributed by atoms with Crippen molar-refractivity contribution in [1.82, 2.24) is 15.0 Å². The quantitative estimate of drug-likeness (QED) is 0.363. The van der Waals surface area contributed by atoms with Gasteiger partial charge in [-0.15, -0.1) is 0 Å². The first-order valence-electron chi connectivity index (χ1n) is 7.36. The third kappa shape index (κ3) is 3.81. The Bertz CT molecular complexity index is 983. The second kappa shape index (κ2) is 7.51. The normalized spacial score (nSPS) is 10.4. The first-order valence-corrected chi connectivity index (χ1v) is 8.11. The van der Waals surface area contributed by atoms with Crippen molar-refractivity contribution < 1.29 is 4.92 Å². The van der Waals surface area contributed by atoms with E-state index in [1.54, 1.807) is 30.3 Å². The molecule has 2 heterocycles. The fourth-order valence-corrected chi connectivity index (χ4v) is 2.50. The highest BCUT2D eigenvalue weighted by molar-refractivity contribution is 6.32. The Kier molecular flexibility index (Phi) is 5.15. The van der Waals surface area contributed by atoms with Crippen LogP contribution < -0.4 is 10.6 Å². The predicted molar refractivity (Wildman–Crippen MR) is 101 cm³/mol. The molecule has 0 bridgehead atoms. The molecule has 0 unspecified atom stereocenters. The van der Waals surface area contributed by atoms with Crippen molar-refractivity contribution in [2.75, 3.05) is 10.6 Å². The molecule has 0 spiro atoms. The number of aromatic nitrogens is 3. The Hall–Kier alpha value is -2.97. The van der Waals surface area contributed by atoms with Gasteiger partial charge in [0.1, 0.15) is 6.33 Å². The number of nitro groups is 1. The minimum absolute atomic E-state index is 0.0133. The summed E-state index contributed by atoms with van der Waals surface area (Å²) >= 11 is 12.1. The lowest BCUT2D eigenvalue weighted by Crippen LogP contribution is -2.06. The Morgan fingerprint density at radius 2 is 1.81 bits per heavy atom.